The van der Waals surface area contributed by atoms with Crippen molar-refractivity contribution in [3.63, 3.8) is 0 Å². The lowest BCUT2D eigenvalue weighted by molar-refractivity contribution is -0.107. The van der Waals surface area contributed by atoms with Gasteiger partial charge in [-0.15, -0.1) is 0 Å². The van der Waals surface area contributed by atoms with Crippen LogP contribution in [0.1, 0.15) is 34.1 Å². The molecular formula is C22H28O2Si. The molecule has 0 saturated heterocycles. The summed E-state index contributed by atoms with van der Waals surface area (Å²) in [6, 6.07) is 21.2. The average molecular weight is 353 g/mol. The van der Waals surface area contributed by atoms with E-state index in [0.29, 0.717) is 13.0 Å². The van der Waals surface area contributed by atoms with Crippen molar-refractivity contribution >= 4 is 25.0 Å². The van der Waals surface area contributed by atoms with Crippen LogP contribution in [0.5, 0.6) is 0 Å². The van der Waals surface area contributed by atoms with Crippen molar-refractivity contribution < 1.29 is 9.22 Å². The number of allylic oxidation sites excluding steroid dienone is 1. The van der Waals surface area contributed by atoms with Crippen LogP contribution in [0.3, 0.4) is 0 Å². The van der Waals surface area contributed by atoms with E-state index >= 15 is 0 Å². The van der Waals surface area contributed by atoms with Crippen LogP contribution < -0.4 is 10.4 Å². The second kappa shape index (κ2) is 8.41. The van der Waals surface area contributed by atoms with Gasteiger partial charge >= 0.3 is 0 Å². The van der Waals surface area contributed by atoms with Crippen molar-refractivity contribution in [2.45, 2.75) is 39.2 Å². The highest BCUT2D eigenvalue weighted by Gasteiger charge is 2.49. The van der Waals surface area contributed by atoms with Gasteiger partial charge in [-0.1, -0.05) is 93.1 Å². The van der Waals surface area contributed by atoms with Gasteiger partial charge in [-0.05, 0) is 22.3 Å². The fourth-order valence-corrected chi connectivity index (χ4v) is 7.77. The molecule has 2 nitrogen and oxygen atoms in total. The molecule has 0 fully saturated rings. The maximum atomic E-state index is 10.7. The summed E-state index contributed by atoms with van der Waals surface area (Å²) >= 11 is 0. The average Bonchev–Trinajstić information content (AvgIpc) is 2.59. The Bertz CT molecular complexity index is 660. The number of aldehydes is 1. The Morgan fingerprint density at radius 2 is 1.44 bits per heavy atom. The molecule has 2 rings (SSSR count). The summed E-state index contributed by atoms with van der Waals surface area (Å²) in [6.07, 6.45) is 3.44. The van der Waals surface area contributed by atoms with Gasteiger partial charge in [0.25, 0.3) is 8.32 Å². The van der Waals surface area contributed by atoms with Crippen molar-refractivity contribution in [1.82, 2.24) is 0 Å². The van der Waals surface area contributed by atoms with Crippen LogP contribution in [0, 0.1) is 0 Å². The minimum Gasteiger partial charge on any atom is -0.404 e. The van der Waals surface area contributed by atoms with Crippen LogP contribution in [-0.4, -0.2) is 21.2 Å². The Kier molecular flexibility index (Phi) is 6.51. The summed E-state index contributed by atoms with van der Waals surface area (Å²) in [4.78, 5) is 10.7. The first-order chi connectivity index (χ1) is 11.9. The maximum absolute atomic E-state index is 10.7. The molecular weight excluding hydrogens is 324 g/mol. The van der Waals surface area contributed by atoms with Gasteiger partial charge in [0, 0.05) is 6.42 Å². The molecule has 0 aliphatic rings. The topological polar surface area (TPSA) is 26.3 Å². The molecule has 0 aromatic heterocycles. The Morgan fingerprint density at radius 3 is 1.84 bits per heavy atom. The molecule has 2 aromatic carbocycles. The number of benzene rings is 2. The molecule has 0 amide bonds. The summed E-state index contributed by atoms with van der Waals surface area (Å²) < 4.78 is 6.73. The van der Waals surface area contributed by atoms with Crippen LogP contribution in [0.4, 0.5) is 0 Å². The molecule has 3 heteroatoms. The molecule has 132 valence electrons. The molecule has 0 spiro atoms. The monoisotopic (exact) mass is 352 g/mol. The maximum Gasteiger partial charge on any atom is 0.261 e. The molecule has 0 unspecified atom stereocenters. The van der Waals surface area contributed by atoms with Crippen LogP contribution in [-0.2, 0) is 9.22 Å². The first-order valence-corrected chi connectivity index (χ1v) is 10.7. The molecule has 0 N–H and O–H groups in total. The van der Waals surface area contributed by atoms with Gasteiger partial charge in [0.2, 0.25) is 0 Å². The minimum atomic E-state index is -2.47. The van der Waals surface area contributed by atoms with Crippen molar-refractivity contribution in [2.24, 2.45) is 0 Å². The first-order valence-electron chi connectivity index (χ1n) is 8.76. The van der Waals surface area contributed by atoms with Gasteiger partial charge in [0.1, 0.15) is 6.29 Å². The van der Waals surface area contributed by atoms with E-state index in [-0.39, 0.29) is 5.04 Å². The third kappa shape index (κ3) is 4.36. The Morgan fingerprint density at radius 1 is 0.960 bits per heavy atom. The summed E-state index contributed by atoms with van der Waals surface area (Å²) in [5, 5.41) is 2.52. The van der Waals surface area contributed by atoms with Gasteiger partial charge in [0.05, 0.1) is 6.61 Å². The second-order valence-electron chi connectivity index (χ2n) is 7.40. The summed E-state index contributed by atoms with van der Waals surface area (Å²) in [6.45, 7) is 9.29. The SMILES string of the molecule is C/C(=C/CO[Si](c1ccccc1)(c1ccccc1)C(C)(C)C)CC=O. The Hall–Kier alpha value is -1.97. The molecule has 0 aliphatic carbocycles. The van der Waals surface area contributed by atoms with Crippen molar-refractivity contribution in [3.8, 4) is 0 Å². The number of carbonyl (C=O) groups is 1. The minimum absolute atomic E-state index is 0.0257. The first kappa shape index (κ1) is 19.4. The smallest absolute Gasteiger partial charge is 0.261 e. The van der Waals surface area contributed by atoms with Crippen molar-refractivity contribution in [3.05, 3.63) is 72.3 Å². The van der Waals surface area contributed by atoms with Gasteiger partial charge in [-0.2, -0.15) is 0 Å². The number of hydrogen-bond donors (Lipinski definition) is 0. The van der Waals surface area contributed by atoms with E-state index in [1.165, 1.54) is 10.4 Å². The zero-order valence-electron chi connectivity index (χ0n) is 15.7. The van der Waals surface area contributed by atoms with Crippen LogP contribution in [0.2, 0.25) is 5.04 Å². The van der Waals surface area contributed by atoms with Crippen molar-refractivity contribution in [2.75, 3.05) is 6.61 Å². The number of carbonyl (C=O) groups excluding carboxylic acids is 1. The van der Waals surface area contributed by atoms with Crippen LogP contribution in [0.25, 0.3) is 0 Å². The molecule has 0 saturated carbocycles. The normalized spacial score (nSPS) is 12.9. The molecule has 25 heavy (non-hydrogen) atoms. The van der Waals surface area contributed by atoms with E-state index in [2.05, 4.69) is 69.3 Å². The lowest BCUT2D eigenvalue weighted by Gasteiger charge is -2.42. The predicted molar refractivity (Wildman–Crippen MR) is 108 cm³/mol. The van der Waals surface area contributed by atoms with Gasteiger partial charge in [-0.25, -0.2) is 0 Å². The molecule has 0 bridgehead atoms. The third-order valence-electron chi connectivity index (χ3n) is 4.55. The highest BCUT2D eigenvalue weighted by Crippen LogP contribution is 2.36. The Labute approximate surface area is 152 Å². The molecule has 0 heterocycles. The third-order valence-corrected chi connectivity index (χ3v) is 9.56. The summed E-state index contributed by atoms with van der Waals surface area (Å²) in [5.74, 6) is 0. The second-order valence-corrected chi connectivity index (χ2v) is 11.7. The largest absolute Gasteiger partial charge is 0.404 e. The van der Waals surface area contributed by atoms with E-state index in [9.17, 15) is 4.79 Å². The highest BCUT2D eigenvalue weighted by atomic mass is 28.4. The van der Waals surface area contributed by atoms with Gasteiger partial charge in [-0.3, -0.25) is 0 Å². The Balaban J connectivity index is 2.53. The standard InChI is InChI=1S/C22H28O2Si/c1-19(15-17-23)16-18-24-25(22(2,3)4,20-11-7-5-8-12-20)21-13-9-6-10-14-21/h5-14,16-17H,15,18H2,1-4H3/b19-16-. The van der Waals surface area contributed by atoms with Crippen LogP contribution in [0.15, 0.2) is 72.3 Å². The lowest BCUT2D eigenvalue weighted by atomic mass is 10.2. The highest BCUT2D eigenvalue weighted by molar-refractivity contribution is 6.99. The fraction of sp³-hybridized carbons (Fsp3) is 0.318. The van der Waals surface area contributed by atoms with E-state index in [1.807, 2.05) is 25.1 Å². The number of rotatable bonds is 7. The quantitative estimate of drug-likeness (QED) is 0.426. The van der Waals surface area contributed by atoms with E-state index in [0.717, 1.165) is 11.9 Å². The zero-order chi connectivity index (χ0) is 18.3. The predicted octanol–water partition coefficient (Wildman–Crippen LogP) is 4.10. The zero-order valence-corrected chi connectivity index (χ0v) is 16.7. The van der Waals surface area contributed by atoms with E-state index in [4.69, 9.17) is 4.43 Å². The molecule has 0 atom stereocenters. The van der Waals surface area contributed by atoms with Crippen LogP contribution >= 0.6 is 0 Å². The van der Waals surface area contributed by atoms with E-state index < -0.39 is 8.32 Å². The molecule has 0 radical (unpaired) electrons. The van der Waals surface area contributed by atoms with Gasteiger partial charge < -0.3 is 9.22 Å². The summed E-state index contributed by atoms with van der Waals surface area (Å²) in [5.41, 5.74) is 1.05. The molecule has 0 aliphatic heterocycles. The fourth-order valence-electron chi connectivity index (χ4n) is 3.29. The van der Waals surface area contributed by atoms with E-state index in [1.54, 1.807) is 0 Å². The summed E-state index contributed by atoms with van der Waals surface area (Å²) in [7, 11) is -2.47. The van der Waals surface area contributed by atoms with Gasteiger partial charge in [0.15, 0.2) is 0 Å². The lowest BCUT2D eigenvalue weighted by Crippen LogP contribution is -2.66. The molecule has 2 aromatic rings. The van der Waals surface area contributed by atoms with Crippen molar-refractivity contribution in [1.29, 1.82) is 0 Å². The number of hydrogen-bond acceptors (Lipinski definition) is 2.